The highest BCUT2D eigenvalue weighted by molar-refractivity contribution is 9.10. The Morgan fingerprint density at radius 2 is 1.80 bits per heavy atom. The van der Waals surface area contributed by atoms with Crippen molar-refractivity contribution in [2.75, 3.05) is 44.2 Å². The molecule has 2 aromatic carbocycles. The third-order valence-corrected chi connectivity index (χ3v) is 4.86. The van der Waals surface area contributed by atoms with Crippen molar-refractivity contribution in [3.8, 4) is 0 Å². The van der Waals surface area contributed by atoms with E-state index in [1.807, 2.05) is 36.4 Å². The van der Waals surface area contributed by atoms with Crippen molar-refractivity contribution >= 4 is 27.5 Å². The van der Waals surface area contributed by atoms with Crippen LogP contribution in [0.4, 0.5) is 10.1 Å². The van der Waals surface area contributed by atoms with E-state index in [-0.39, 0.29) is 11.7 Å². The van der Waals surface area contributed by atoms with E-state index >= 15 is 0 Å². The number of amides is 1. The van der Waals surface area contributed by atoms with E-state index in [4.69, 9.17) is 0 Å². The lowest BCUT2D eigenvalue weighted by Crippen LogP contribution is -2.48. The summed E-state index contributed by atoms with van der Waals surface area (Å²) in [6.45, 7) is 5.14. The van der Waals surface area contributed by atoms with E-state index < -0.39 is 0 Å². The zero-order chi connectivity index (χ0) is 17.6. The van der Waals surface area contributed by atoms with Gasteiger partial charge in [-0.15, -0.1) is 0 Å². The Labute approximate surface area is 155 Å². The molecule has 6 heteroatoms. The highest BCUT2D eigenvalue weighted by Gasteiger charge is 2.17. The Bertz CT molecular complexity index is 715. The van der Waals surface area contributed by atoms with Crippen LogP contribution in [0, 0.1) is 5.82 Å². The van der Waals surface area contributed by atoms with Crippen molar-refractivity contribution in [2.24, 2.45) is 0 Å². The van der Waals surface area contributed by atoms with Crippen molar-refractivity contribution in [2.45, 2.75) is 0 Å². The van der Waals surface area contributed by atoms with Gasteiger partial charge >= 0.3 is 0 Å². The maximum atomic E-state index is 13.0. The van der Waals surface area contributed by atoms with Gasteiger partial charge < -0.3 is 10.2 Å². The molecule has 0 unspecified atom stereocenters. The number of anilines is 1. The molecule has 132 valence electrons. The topological polar surface area (TPSA) is 35.6 Å². The van der Waals surface area contributed by atoms with Crippen LogP contribution in [-0.4, -0.2) is 50.1 Å². The molecule has 3 rings (SSSR count). The molecule has 1 N–H and O–H groups in total. The van der Waals surface area contributed by atoms with Crippen LogP contribution >= 0.6 is 15.9 Å². The minimum atomic E-state index is -0.205. The summed E-state index contributed by atoms with van der Waals surface area (Å²) in [5.74, 6) is -0.255. The zero-order valence-corrected chi connectivity index (χ0v) is 15.5. The van der Waals surface area contributed by atoms with Crippen molar-refractivity contribution in [3.05, 3.63) is 64.4 Å². The second-order valence-corrected chi connectivity index (χ2v) is 6.99. The molecule has 0 spiro atoms. The second kappa shape index (κ2) is 8.45. The number of nitrogens with zero attached hydrogens (tertiary/aromatic N) is 2. The number of benzene rings is 2. The van der Waals surface area contributed by atoms with Crippen LogP contribution in [0.1, 0.15) is 10.4 Å². The van der Waals surface area contributed by atoms with Gasteiger partial charge in [-0.25, -0.2) is 4.39 Å². The largest absolute Gasteiger partial charge is 0.369 e. The number of nitrogens with one attached hydrogen (secondary N) is 1. The summed E-state index contributed by atoms with van der Waals surface area (Å²) in [6.07, 6.45) is 0. The predicted molar refractivity (Wildman–Crippen MR) is 102 cm³/mol. The first kappa shape index (κ1) is 17.9. The summed E-state index contributed by atoms with van der Waals surface area (Å²) in [4.78, 5) is 16.7. The molecular formula is C19H21BrFN3O. The third kappa shape index (κ3) is 5.03. The fraction of sp³-hybridized carbons (Fsp3) is 0.316. The van der Waals surface area contributed by atoms with E-state index in [9.17, 15) is 9.18 Å². The van der Waals surface area contributed by atoms with Crippen LogP contribution in [0.3, 0.4) is 0 Å². The molecular weight excluding hydrogens is 385 g/mol. The molecule has 25 heavy (non-hydrogen) atoms. The lowest BCUT2D eigenvalue weighted by atomic mass is 10.2. The molecule has 0 aliphatic carbocycles. The smallest absolute Gasteiger partial charge is 0.251 e. The number of rotatable bonds is 5. The van der Waals surface area contributed by atoms with Crippen LogP contribution in [-0.2, 0) is 0 Å². The SMILES string of the molecule is O=C(NCCN1CCN(c2ccc(F)cc2)CC1)c1cccc(Br)c1. The van der Waals surface area contributed by atoms with E-state index in [0.29, 0.717) is 12.1 Å². The average molecular weight is 406 g/mol. The molecule has 0 radical (unpaired) electrons. The van der Waals surface area contributed by atoms with Crippen LogP contribution in [0.25, 0.3) is 0 Å². The summed E-state index contributed by atoms with van der Waals surface area (Å²) in [5, 5.41) is 2.97. The Morgan fingerprint density at radius 1 is 1.08 bits per heavy atom. The molecule has 0 aromatic heterocycles. The van der Waals surface area contributed by atoms with Crippen molar-refractivity contribution in [3.63, 3.8) is 0 Å². The van der Waals surface area contributed by atoms with Gasteiger partial charge in [0.15, 0.2) is 0 Å². The lowest BCUT2D eigenvalue weighted by Gasteiger charge is -2.36. The Kier molecular flexibility index (Phi) is 6.04. The number of carbonyl (C=O) groups excluding carboxylic acids is 1. The molecule has 0 atom stereocenters. The van der Waals surface area contributed by atoms with Crippen LogP contribution in [0.15, 0.2) is 53.0 Å². The number of hydrogen-bond acceptors (Lipinski definition) is 3. The van der Waals surface area contributed by atoms with Gasteiger partial charge in [0.05, 0.1) is 0 Å². The van der Waals surface area contributed by atoms with Crippen LogP contribution < -0.4 is 10.2 Å². The molecule has 1 amide bonds. The normalized spacial score (nSPS) is 15.2. The summed E-state index contributed by atoms with van der Waals surface area (Å²) < 4.78 is 13.9. The Balaban J connectivity index is 1.40. The monoisotopic (exact) mass is 405 g/mol. The highest BCUT2D eigenvalue weighted by atomic mass is 79.9. The molecule has 0 saturated carbocycles. The Hall–Kier alpha value is -1.92. The highest BCUT2D eigenvalue weighted by Crippen LogP contribution is 2.16. The summed E-state index contributed by atoms with van der Waals surface area (Å²) in [6, 6.07) is 14.0. The molecule has 2 aromatic rings. The van der Waals surface area contributed by atoms with Crippen LogP contribution in [0.2, 0.25) is 0 Å². The first-order valence-corrected chi connectivity index (χ1v) is 9.18. The molecule has 4 nitrogen and oxygen atoms in total. The van der Waals surface area contributed by atoms with Gasteiger partial charge in [0.1, 0.15) is 5.82 Å². The second-order valence-electron chi connectivity index (χ2n) is 6.07. The average Bonchev–Trinajstić information content (AvgIpc) is 2.63. The van der Waals surface area contributed by atoms with Gasteiger partial charge in [0, 0.05) is 55.0 Å². The fourth-order valence-corrected chi connectivity index (χ4v) is 3.34. The summed E-state index contributed by atoms with van der Waals surface area (Å²) in [5.41, 5.74) is 1.72. The van der Waals surface area contributed by atoms with Crippen molar-refractivity contribution in [1.82, 2.24) is 10.2 Å². The lowest BCUT2D eigenvalue weighted by molar-refractivity contribution is 0.0947. The zero-order valence-electron chi connectivity index (χ0n) is 13.9. The van der Waals surface area contributed by atoms with Crippen molar-refractivity contribution in [1.29, 1.82) is 0 Å². The van der Waals surface area contributed by atoms with E-state index in [0.717, 1.165) is 42.9 Å². The van der Waals surface area contributed by atoms with Gasteiger partial charge in [0.25, 0.3) is 5.91 Å². The number of halogens is 2. The third-order valence-electron chi connectivity index (χ3n) is 4.36. The van der Waals surface area contributed by atoms with Gasteiger partial charge in [-0.05, 0) is 42.5 Å². The van der Waals surface area contributed by atoms with E-state index in [2.05, 4.69) is 31.0 Å². The standard InChI is InChI=1S/C19H21BrFN3O/c20-16-3-1-2-15(14-16)19(25)22-8-9-23-10-12-24(13-11-23)18-6-4-17(21)5-7-18/h1-7,14H,8-13H2,(H,22,25). The Morgan fingerprint density at radius 3 is 2.48 bits per heavy atom. The summed E-state index contributed by atoms with van der Waals surface area (Å²) >= 11 is 3.38. The molecule has 1 heterocycles. The minimum absolute atomic E-state index is 0.0498. The molecule has 0 bridgehead atoms. The molecule has 1 aliphatic heterocycles. The fourth-order valence-electron chi connectivity index (χ4n) is 2.94. The maximum absolute atomic E-state index is 13.0. The number of carbonyl (C=O) groups is 1. The molecule has 1 saturated heterocycles. The van der Waals surface area contributed by atoms with E-state index in [1.165, 1.54) is 12.1 Å². The van der Waals surface area contributed by atoms with Crippen molar-refractivity contribution < 1.29 is 9.18 Å². The quantitative estimate of drug-likeness (QED) is 0.829. The predicted octanol–water partition coefficient (Wildman–Crippen LogP) is 3.14. The molecule has 1 aliphatic rings. The van der Waals surface area contributed by atoms with E-state index in [1.54, 1.807) is 0 Å². The first-order chi connectivity index (χ1) is 12.1. The number of piperazine rings is 1. The summed E-state index contributed by atoms with van der Waals surface area (Å²) in [7, 11) is 0. The minimum Gasteiger partial charge on any atom is -0.369 e. The van der Waals surface area contributed by atoms with Gasteiger partial charge in [-0.1, -0.05) is 22.0 Å². The van der Waals surface area contributed by atoms with Crippen LogP contribution in [0.5, 0.6) is 0 Å². The first-order valence-electron chi connectivity index (χ1n) is 8.38. The van der Waals surface area contributed by atoms with Gasteiger partial charge in [0.2, 0.25) is 0 Å². The maximum Gasteiger partial charge on any atom is 0.251 e. The molecule has 1 fully saturated rings. The van der Waals surface area contributed by atoms with Gasteiger partial charge in [-0.2, -0.15) is 0 Å². The van der Waals surface area contributed by atoms with Gasteiger partial charge in [-0.3, -0.25) is 9.69 Å². The number of hydrogen-bond donors (Lipinski definition) is 1.